The van der Waals surface area contributed by atoms with Crippen molar-refractivity contribution in [2.24, 2.45) is 7.05 Å². The third kappa shape index (κ3) is 3.79. The summed E-state index contributed by atoms with van der Waals surface area (Å²) in [4.78, 5) is 16.5. The van der Waals surface area contributed by atoms with Crippen LogP contribution in [0.15, 0.2) is 42.7 Å². The van der Waals surface area contributed by atoms with Crippen LogP contribution in [0.5, 0.6) is 0 Å². The molecular weight excluding hydrogens is 328 g/mol. The molecule has 6 heteroatoms. The van der Waals surface area contributed by atoms with Crippen molar-refractivity contribution >= 4 is 28.4 Å². The molecule has 0 amide bonds. The molecule has 6 nitrogen and oxygen atoms in total. The highest BCUT2D eigenvalue weighted by Gasteiger charge is 2.17. The topological polar surface area (TPSA) is 82.2 Å². The SMILES string of the molecule is Cn1ccc2c(CNc3ccc(C(=O)OC(C)(C)C)cc3)c(N)cnc21. The van der Waals surface area contributed by atoms with Gasteiger partial charge in [0.15, 0.2) is 0 Å². The number of pyridine rings is 1. The molecule has 0 bridgehead atoms. The molecule has 3 N–H and O–H groups in total. The number of hydrogen-bond acceptors (Lipinski definition) is 5. The van der Waals surface area contributed by atoms with E-state index in [2.05, 4.69) is 10.3 Å². The molecule has 0 saturated carbocycles. The van der Waals surface area contributed by atoms with Crippen LogP contribution in [0.2, 0.25) is 0 Å². The molecule has 0 saturated heterocycles. The Kier molecular flexibility index (Phi) is 4.59. The average Bonchev–Trinajstić information content (AvgIpc) is 2.94. The fourth-order valence-corrected chi connectivity index (χ4v) is 2.73. The van der Waals surface area contributed by atoms with Crippen LogP contribution >= 0.6 is 0 Å². The number of nitrogens with zero attached hydrogens (tertiary/aromatic N) is 2. The van der Waals surface area contributed by atoms with Gasteiger partial charge in [-0.3, -0.25) is 0 Å². The third-order valence-electron chi connectivity index (χ3n) is 4.03. The number of benzene rings is 1. The Morgan fingerprint density at radius 2 is 1.92 bits per heavy atom. The van der Waals surface area contributed by atoms with Gasteiger partial charge in [-0.1, -0.05) is 0 Å². The molecule has 0 spiro atoms. The molecule has 0 atom stereocenters. The van der Waals surface area contributed by atoms with Crippen molar-refractivity contribution in [1.82, 2.24) is 9.55 Å². The van der Waals surface area contributed by atoms with Crippen LogP contribution in [0.25, 0.3) is 11.0 Å². The second-order valence-electron chi connectivity index (χ2n) is 7.29. The number of nitrogens with two attached hydrogens (primary N) is 1. The number of aromatic nitrogens is 2. The predicted octanol–water partition coefficient (Wildman–Crippen LogP) is 3.72. The summed E-state index contributed by atoms with van der Waals surface area (Å²) in [6, 6.07) is 9.24. The fraction of sp³-hybridized carbons (Fsp3) is 0.300. The fourth-order valence-electron chi connectivity index (χ4n) is 2.73. The molecule has 3 aromatic rings. The first-order valence-electron chi connectivity index (χ1n) is 8.50. The standard InChI is InChI=1S/C20H24N4O2/c1-20(2,3)26-19(25)13-5-7-14(8-6-13)22-11-16-15-9-10-24(4)18(15)23-12-17(16)21/h5-10,12,22H,11,21H2,1-4H3. The van der Waals surface area contributed by atoms with Gasteiger partial charge in [-0.15, -0.1) is 0 Å². The maximum absolute atomic E-state index is 12.1. The van der Waals surface area contributed by atoms with E-state index in [1.807, 2.05) is 56.8 Å². The quantitative estimate of drug-likeness (QED) is 0.699. The molecule has 1 aromatic carbocycles. The zero-order chi connectivity index (χ0) is 18.9. The zero-order valence-corrected chi connectivity index (χ0v) is 15.5. The lowest BCUT2D eigenvalue weighted by molar-refractivity contribution is 0.00696. The summed E-state index contributed by atoms with van der Waals surface area (Å²) in [7, 11) is 1.96. The Labute approximate surface area is 153 Å². The van der Waals surface area contributed by atoms with E-state index in [-0.39, 0.29) is 5.97 Å². The van der Waals surface area contributed by atoms with Crippen LogP contribution < -0.4 is 11.1 Å². The van der Waals surface area contributed by atoms with Crippen molar-refractivity contribution in [2.75, 3.05) is 11.1 Å². The molecule has 2 aromatic heterocycles. The Morgan fingerprint density at radius 1 is 1.23 bits per heavy atom. The van der Waals surface area contributed by atoms with E-state index in [0.29, 0.717) is 17.8 Å². The van der Waals surface area contributed by atoms with Gasteiger partial charge in [0.2, 0.25) is 0 Å². The lowest BCUT2D eigenvalue weighted by Gasteiger charge is -2.19. The van der Waals surface area contributed by atoms with Crippen LogP contribution in [-0.4, -0.2) is 21.1 Å². The second-order valence-corrected chi connectivity index (χ2v) is 7.29. The second kappa shape index (κ2) is 6.71. The summed E-state index contributed by atoms with van der Waals surface area (Å²) in [6.45, 7) is 6.12. The van der Waals surface area contributed by atoms with E-state index >= 15 is 0 Å². The number of carbonyl (C=O) groups is 1. The summed E-state index contributed by atoms with van der Waals surface area (Å²) in [5.74, 6) is -0.326. The van der Waals surface area contributed by atoms with Crippen molar-refractivity contribution in [1.29, 1.82) is 0 Å². The van der Waals surface area contributed by atoms with Gasteiger partial charge in [-0.2, -0.15) is 0 Å². The number of carbonyl (C=O) groups excluding carboxylic acids is 1. The van der Waals surface area contributed by atoms with E-state index in [1.165, 1.54) is 0 Å². The Morgan fingerprint density at radius 3 is 2.58 bits per heavy atom. The molecule has 2 heterocycles. The van der Waals surface area contributed by atoms with Crippen molar-refractivity contribution < 1.29 is 9.53 Å². The van der Waals surface area contributed by atoms with Crippen molar-refractivity contribution in [3.8, 4) is 0 Å². The first-order valence-corrected chi connectivity index (χ1v) is 8.50. The van der Waals surface area contributed by atoms with Gasteiger partial charge in [0.25, 0.3) is 0 Å². The van der Waals surface area contributed by atoms with Gasteiger partial charge in [-0.05, 0) is 51.1 Å². The predicted molar refractivity (Wildman–Crippen MR) is 104 cm³/mol. The number of aryl methyl sites for hydroxylation is 1. The van der Waals surface area contributed by atoms with Crippen LogP contribution in [0.1, 0.15) is 36.7 Å². The lowest BCUT2D eigenvalue weighted by atomic mass is 10.1. The highest BCUT2D eigenvalue weighted by molar-refractivity contribution is 5.90. The lowest BCUT2D eigenvalue weighted by Crippen LogP contribution is -2.23. The molecule has 26 heavy (non-hydrogen) atoms. The number of nitrogen functional groups attached to an aromatic ring is 1. The smallest absolute Gasteiger partial charge is 0.338 e. The normalized spacial score (nSPS) is 11.5. The van der Waals surface area contributed by atoms with Gasteiger partial charge >= 0.3 is 5.97 Å². The van der Waals surface area contributed by atoms with Crippen LogP contribution in [0.3, 0.4) is 0 Å². The average molecular weight is 352 g/mol. The summed E-state index contributed by atoms with van der Waals surface area (Å²) >= 11 is 0. The van der Waals surface area contributed by atoms with Crippen LogP contribution in [0.4, 0.5) is 11.4 Å². The van der Waals surface area contributed by atoms with Gasteiger partial charge in [0, 0.05) is 36.4 Å². The summed E-state index contributed by atoms with van der Waals surface area (Å²) in [5.41, 5.74) is 9.59. The number of esters is 1. The highest BCUT2D eigenvalue weighted by Crippen LogP contribution is 2.24. The van der Waals surface area contributed by atoms with Gasteiger partial charge < -0.3 is 20.4 Å². The van der Waals surface area contributed by atoms with Crippen molar-refractivity contribution in [3.63, 3.8) is 0 Å². The minimum Gasteiger partial charge on any atom is -0.456 e. The van der Waals surface area contributed by atoms with E-state index < -0.39 is 5.60 Å². The molecule has 0 aliphatic carbocycles. The van der Waals surface area contributed by atoms with Crippen molar-refractivity contribution in [2.45, 2.75) is 32.9 Å². The van der Waals surface area contributed by atoms with E-state index in [4.69, 9.17) is 10.5 Å². The minimum absolute atomic E-state index is 0.326. The Hall–Kier alpha value is -3.02. The molecule has 0 unspecified atom stereocenters. The number of anilines is 2. The molecule has 136 valence electrons. The third-order valence-corrected chi connectivity index (χ3v) is 4.03. The van der Waals surface area contributed by atoms with Crippen LogP contribution in [0, 0.1) is 0 Å². The van der Waals surface area contributed by atoms with Gasteiger partial charge in [0.1, 0.15) is 11.2 Å². The zero-order valence-electron chi connectivity index (χ0n) is 15.5. The van der Waals surface area contributed by atoms with E-state index in [1.54, 1.807) is 18.3 Å². The van der Waals surface area contributed by atoms with Gasteiger partial charge in [-0.25, -0.2) is 9.78 Å². The Bertz CT molecular complexity index is 937. The molecule has 0 aliphatic rings. The van der Waals surface area contributed by atoms with Crippen LogP contribution in [-0.2, 0) is 18.3 Å². The van der Waals surface area contributed by atoms with E-state index in [9.17, 15) is 4.79 Å². The summed E-state index contributed by atoms with van der Waals surface area (Å²) in [6.07, 6.45) is 3.65. The number of hydrogen-bond donors (Lipinski definition) is 2. The maximum Gasteiger partial charge on any atom is 0.338 e. The monoisotopic (exact) mass is 352 g/mol. The molecule has 3 rings (SSSR count). The first-order chi connectivity index (χ1) is 12.2. The number of ether oxygens (including phenoxy) is 1. The van der Waals surface area contributed by atoms with E-state index in [0.717, 1.165) is 22.3 Å². The first kappa shape index (κ1) is 17.8. The minimum atomic E-state index is -0.506. The number of nitrogens with one attached hydrogen (secondary N) is 1. The highest BCUT2D eigenvalue weighted by atomic mass is 16.6. The number of rotatable bonds is 4. The summed E-state index contributed by atoms with van der Waals surface area (Å²) < 4.78 is 7.34. The molecule has 0 aliphatic heterocycles. The van der Waals surface area contributed by atoms with Gasteiger partial charge in [0.05, 0.1) is 17.4 Å². The Balaban J connectivity index is 1.73. The largest absolute Gasteiger partial charge is 0.456 e. The molecule has 0 radical (unpaired) electrons. The number of fused-ring (bicyclic) bond motifs is 1. The summed E-state index contributed by atoms with van der Waals surface area (Å²) in [5, 5.41) is 4.38. The van der Waals surface area contributed by atoms with Crippen molar-refractivity contribution in [3.05, 3.63) is 53.9 Å². The maximum atomic E-state index is 12.1. The molecule has 0 fully saturated rings. The molecular formula is C20H24N4O2.